The minimum Gasteiger partial charge on any atom is -0.404 e. The molecule has 1 aliphatic heterocycles. The van der Waals surface area contributed by atoms with E-state index in [1.165, 1.54) is 24.8 Å². The summed E-state index contributed by atoms with van der Waals surface area (Å²) >= 11 is 0. The Labute approximate surface area is 202 Å². The van der Waals surface area contributed by atoms with Gasteiger partial charge in [-0.1, -0.05) is 0 Å². The number of fused-ring (bicyclic) bond motifs is 1. The number of nitrogens with zero attached hydrogens (tertiary/aromatic N) is 6. The van der Waals surface area contributed by atoms with Gasteiger partial charge in [-0.05, 0) is 50.2 Å². The Kier molecular flexibility index (Phi) is 7.07. The molecule has 3 aromatic heterocycles. The topological polar surface area (TPSA) is 109 Å². The molecule has 0 radical (unpaired) electrons. The third kappa shape index (κ3) is 5.29. The van der Waals surface area contributed by atoms with Gasteiger partial charge in [0.1, 0.15) is 11.5 Å². The number of aromatic nitrogens is 5. The number of nitrogens with two attached hydrogens (primary N) is 1. The number of halogens is 3. The highest BCUT2D eigenvalue weighted by Gasteiger charge is 2.37. The van der Waals surface area contributed by atoms with Gasteiger partial charge in [-0.3, -0.25) is 9.38 Å². The molecule has 0 amide bonds. The second kappa shape index (κ2) is 9.89. The van der Waals surface area contributed by atoms with E-state index in [4.69, 9.17) is 16.1 Å². The summed E-state index contributed by atoms with van der Waals surface area (Å²) in [7, 11) is -0.240. The first-order chi connectivity index (χ1) is 16.6. The summed E-state index contributed by atoms with van der Waals surface area (Å²) in [6.07, 6.45) is 4.15. The van der Waals surface area contributed by atoms with Crippen molar-refractivity contribution >= 4 is 25.6 Å². The molecule has 8 nitrogen and oxygen atoms in total. The van der Waals surface area contributed by atoms with Crippen LogP contribution in [0.3, 0.4) is 0 Å². The molecule has 0 aromatic carbocycles. The molecule has 3 aromatic rings. The van der Waals surface area contributed by atoms with Gasteiger partial charge < -0.3 is 16.0 Å². The van der Waals surface area contributed by atoms with Crippen molar-refractivity contribution in [3.63, 3.8) is 0 Å². The normalized spacial score (nSPS) is 21.6. The van der Waals surface area contributed by atoms with Crippen LogP contribution in [-0.2, 0) is 6.42 Å². The van der Waals surface area contributed by atoms with Gasteiger partial charge in [0.05, 0.1) is 24.5 Å². The second-order valence-corrected chi connectivity index (χ2v) is 11.6. The predicted octanol–water partition coefficient (Wildman–Crippen LogP) is 4.11. The van der Waals surface area contributed by atoms with Crippen molar-refractivity contribution < 1.29 is 13.2 Å². The van der Waals surface area contributed by atoms with Crippen LogP contribution in [0.25, 0.3) is 17.2 Å². The molecule has 3 unspecified atom stereocenters. The molecular weight excluding hydrogens is 476 g/mol. The van der Waals surface area contributed by atoms with Crippen LogP contribution in [0.4, 0.5) is 19.0 Å². The lowest BCUT2D eigenvalue weighted by Crippen LogP contribution is -2.50. The van der Waals surface area contributed by atoms with Gasteiger partial charge in [-0.15, -0.1) is 7.92 Å². The summed E-state index contributed by atoms with van der Waals surface area (Å²) in [4.78, 5) is 19.6. The number of piperidine rings is 1. The fourth-order valence-electron chi connectivity index (χ4n) is 4.57. The van der Waals surface area contributed by atoms with E-state index in [2.05, 4.69) is 40.1 Å². The van der Waals surface area contributed by atoms with Crippen LogP contribution in [0.15, 0.2) is 42.6 Å². The summed E-state index contributed by atoms with van der Waals surface area (Å²) < 4.78 is 40.2. The van der Waals surface area contributed by atoms with E-state index in [1.54, 1.807) is 16.8 Å². The molecule has 1 saturated heterocycles. The van der Waals surface area contributed by atoms with Crippen molar-refractivity contribution in [2.45, 2.75) is 37.6 Å². The van der Waals surface area contributed by atoms with Crippen LogP contribution >= 0.6 is 7.92 Å². The summed E-state index contributed by atoms with van der Waals surface area (Å²) in [5.74, 6) is 1.17. The molecule has 3 N–H and O–H groups in total. The van der Waals surface area contributed by atoms with Crippen molar-refractivity contribution in [3.05, 3.63) is 48.3 Å². The quantitative estimate of drug-likeness (QED) is 0.386. The summed E-state index contributed by atoms with van der Waals surface area (Å²) in [5, 5.41) is 7.81. The highest BCUT2D eigenvalue weighted by molar-refractivity contribution is 7.56. The van der Waals surface area contributed by atoms with Crippen molar-refractivity contribution in [1.82, 2.24) is 24.3 Å². The number of alkyl halides is 3. The van der Waals surface area contributed by atoms with E-state index in [-0.39, 0.29) is 25.6 Å². The van der Waals surface area contributed by atoms with Gasteiger partial charge in [0.25, 0.3) is 0 Å². The van der Waals surface area contributed by atoms with Gasteiger partial charge in [-0.2, -0.15) is 13.2 Å². The first kappa shape index (κ1) is 25.0. The molecule has 186 valence electrons. The monoisotopic (exact) mass is 504 g/mol. The van der Waals surface area contributed by atoms with Crippen LogP contribution in [0.2, 0.25) is 0 Å². The molecule has 4 rings (SSSR count). The Morgan fingerprint density at radius 3 is 2.69 bits per heavy atom. The second-order valence-electron chi connectivity index (χ2n) is 8.94. The smallest absolute Gasteiger partial charge is 0.394 e. The minimum absolute atomic E-state index is 0.0464. The lowest BCUT2D eigenvalue weighted by atomic mass is 9.84. The summed E-state index contributed by atoms with van der Waals surface area (Å²) in [6.45, 7) is 7.41. The zero-order valence-electron chi connectivity index (χ0n) is 19.7. The predicted molar refractivity (Wildman–Crippen MR) is 132 cm³/mol. The maximum atomic E-state index is 12.9. The van der Waals surface area contributed by atoms with Gasteiger partial charge in [-0.25, -0.2) is 15.0 Å². The maximum absolute atomic E-state index is 12.9. The van der Waals surface area contributed by atoms with Gasteiger partial charge in [0.2, 0.25) is 0 Å². The van der Waals surface area contributed by atoms with Crippen molar-refractivity contribution in [2.24, 2.45) is 11.7 Å². The molecule has 4 heterocycles. The molecule has 0 bridgehead atoms. The van der Waals surface area contributed by atoms with Crippen LogP contribution in [-0.4, -0.2) is 68.3 Å². The van der Waals surface area contributed by atoms with E-state index < -0.39 is 12.6 Å². The average molecular weight is 505 g/mol. The molecule has 0 aliphatic carbocycles. The highest BCUT2D eigenvalue weighted by Crippen LogP contribution is 2.44. The third-order valence-corrected chi connectivity index (χ3v) is 8.35. The molecular formula is C23H28F3N8P. The molecule has 0 saturated carbocycles. The average Bonchev–Trinajstić information content (AvgIpc) is 3.23. The van der Waals surface area contributed by atoms with Crippen LogP contribution < -0.4 is 10.6 Å². The molecule has 35 heavy (non-hydrogen) atoms. The summed E-state index contributed by atoms with van der Waals surface area (Å²) in [6, 6.07) is 1.88. The SMILES string of the molecule is CC1C(/C(C=N)=C/N)CC(P(C)C)CN1c1ccnc(-c2cnc3cnc(CC(F)(F)F)cn23)n1. The number of nitrogens with one attached hydrogen (secondary N) is 1. The van der Waals surface area contributed by atoms with Crippen molar-refractivity contribution in [2.75, 3.05) is 24.8 Å². The Morgan fingerprint density at radius 2 is 2.03 bits per heavy atom. The molecule has 0 spiro atoms. The first-order valence-corrected chi connectivity index (χ1v) is 13.5. The van der Waals surface area contributed by atoms with Crippen LogP contribution in [0.5, 0.6) is 0 Å². The standard InChI is InChI=1S/C23H28F3N8P/c1-14-18(15(8-27)9-28)6-17(35(2)3)13-33(14)20-4-5-29-22(32-20)19-10-31-21-11-30-16(12-34(19)21)7-23(24,25)26/h4-5,8-12,14,17-18,27H,6-7,13,28H2,1-3H3/b15-9+,27-8?. The Bertz CT molecular complexity index is 1240. The summed E-state index contributed by atoms with van der Waals surface area (Å²) in [5.41, 5.74) is 7.86. The zero-order chi connectivity index (χ0) is 25.3. The molecule has 12 heteroatoms. The van der Waals surface area contributed by atoms with E-state index in [0.29, 0.717) is 22.8 Å². The number of imidazole rings is 1. The van der Waals surface area contributed by atoms with Gasteiger partial charge in [0, 0.05) is 37.1 Å². The fraction of sp³-hybridized carbons (Fsp3) is 0.435. The highest BCUT2D eigenvalue weighted by atomic mass is 31.1. The lowest BCUT2D eigenvalue weighted by molar-refractivity contribution is -0.127. The fourth-order valence-corrected chi connectivity index (χ4v) is 5.72. The zero-order valence-corrected chi connectivity index (χ0v) is 20.6. The molecule has 3 atom stereocenters. The van der Waals surface area contributed by atoms with Gasteiger partial charge in [0.15, 0.2) is 11.5 Å². The number of hydrogen-bond donors (Lipinski definition) is 2. The Morgan fingerprint density at radius 1 is 1.26 bits per heavy atom. The first-order valence-electron chi connectivity index (χ1n) is 11.2. The largest absolute Gasteiger partial charge is 0.404 e. The van der Waals surface area contributed by atoms with Crippen LogP contribution in [0.1, 0.15) is 19.0 Å². The molecule has 1 aliphatic rings. The van der Waals surface area contributed by atoms with E-state index in [1.807, 2.05) is 6.07 Å². The minimum atomic E-state index is -4.36. The molecule has 1 fully saturated rings. The Hall–Kier alpha value is -3.07. The maximum Gasteiger partial charge on any atom is 0.394 e. The van der Waals surface area contributed by atoms with Crippen molar-refractivity contribution in [1.29, 1.82) is 5.41 Å². The number of anilines is 1. The van der Waals surface area contributed by atoms with Gasteiger partial charge >= 0.3 is 6.18 Å². The van der Waals surface area contributed by atoms with E-state index in [0.717, 1.165) is 24.4 Å². The van der Waals surface area contributed by atoms with E-state index >= 15 is 0 Å². The number of hydrogen-bond acceptors (Lipinski definition) is 7. The lowest BCUT2D eigenvalue weighted by Gasteiger charge is -2.45. The van der Waals surface area contributed by atoms with E-state index in [9.17, 15) is 13.2 Å². The van der Waals surface area contributed by atoms with Crippen molar-refractivity contribution in [3.8, 4) is 11.5 Å². The van der Waals surface area contributed by atoms with Crippen LogP contribution in [0, 0.1) is 11.3 Å². The third-order valence-electron chi connectivity index (χ3n) is 6.52. The number of rotatable bonds is 6. The Balaban J connectivity index is 1.72.